The van der Waals surface area contributed by atoms with Gasteiger partial charge in [0.15, 0.2) is 0 Å². The summed E-state index contributed by atoms with van der Waals surface area (Å²) in [6, 6.07) is 3.87. The van der Waals surface area contributed by atoms with Crippen LogP contribution < -0.4 is 10.5 Å². The summed E-state index contributed by atoms with van der Waals surface area (Å²) in [6.45, 7) is 5.10. The van der Waals surface area contributed by atoms with Crippen molar-refractivity contribution in [2.24, 2.45) is 11.1 Å². The molecule has 1 aliphatic rings. The monoisotopic (exact) mass is 234 g/mol. The molecule has 1 aliphatic carbocycles. The van der Waals surface area contributed by atoms with Crippen LogP contribution in [0.15, 0.2) is 18.3 Å². The second-order valence-electron chi connectivity index (χ2n) is 5.63. The third-order valence-corrected chi connectivity index (χ3v) is 3.62. The minimum Gasteiger partial charge on any atom is -0.488 e. The highest BCUT2D eigenvalue weighted by Crippen LogP contribution is 2.36. The smallest absolute Gasteiger partial charge is 0.142 e. The first kappa shape index (κ1) is 12.4. The highest BCUT2D eigenvalue weighted by molar-refractivity contribution is 5.26. The zero-order valence-corrected chi connectivity index (χ0v) is 10.8. The van der Waals surface area contributed by atoms with Crippen molar-refractivity contribution < 1.29 is 4.74 Å². The third kappa shape index (κ3) is 3.19. The lowest BCUT2D eigenvalue weighted by atomic mass is 9.76. The van der Waals surface area contributed by atoms with Crippen molar-refractivity contribution in [2.75, 3.05) is 0 Å². The summed E-state index contributed by atoms with van der Waals surface area (Å²) >= 11 is 0. The molecule has 2 N–H and O–H groups in total. The molecule has 0 radical (unpaired) electrons. The predicted molar refractivity (Wildman–Crippen MR) is 68.8 cm³/mol. The number of ether oxygens (including phenoxy) is 1. The van der Waals surface area contributed by atoms with E-state index in [9.17, 15) is 0 Å². The summed E-state index contributed by atoms with van der Waals surface area (Å²) in [4.78, 5) is 4.24. The van der Waals surface area contributed by atoms with Crippen LogP contribution in [0, 0.1) is 5.41 Å². The summed E-state index contributed by atoms with van der Waals surface area (Å²) in [7, 11) is 0. The number of rotatable bonds is 3. The second kappa shape index (κ2) is 5.05. The van der Waals surface area contributed by atoms with Gasteiger partial charge in [-0.05, 0) is 43.2 Å². The molecular formula is C14H22N2O. The van der Waals surface area contributed by atoms with Crippen molar-refractivity contribution >= 4 is 0 Å². The SMILES string of the molecule is CC1(C)CCC(Oc2cccnc2CN)CC1. The molecule has 3 heteroatoms. The van der Waals surface area contributed by atoms with Gasteiger partial charge in [-0.3, -0.25) is 4.98 Å². The van der Waals surface area contributed by atoms with Gasteiger partial charge in [-0.1, -0.05) is 13.8 Å². The number of aromatic nitrogens is 1. The lowest BCUT2D eigenvalue weighted by Gasteiger charge is -2.34. The second-order valence-corrected chi connectivity index (χ2v) is 5.63. The largest absolute Gasteiger partial charge is 0.488 e. The van der Waals surface area contributed by atoms with Crippen LogP contribution in [0.5, 0.6) is 5.75 Å². The van der Waals surface area contributed by atoms with Gasteiger partial charge in [0.1, 0.15) is 5.75 Å². The Bertz CT molecular complexity index is 366. The summed E-state index contributed by atoms with van der Waals surface area (Å²) in [5.74, 6) is 0.861. The Labute approximate surface area is 103 Å². The number of nitrogens with zero attached hydrogens (tertiary/aromatic N) is 1. The van der Waals surface area contributed by atoms with E-state index in [1.165, 1.54) is 12.8 Å². The molecule has 0 atom stereocenters. The molecule has 1 fully saturated rings. The van der Waals surface area contributed by atoms with Crippen LogP contribution in [0.25, 0.3) is 0 Å². The molecule has 1 aromatic heterocycles. The minimum atomic E-state index is 0.331. The van der Waals surface area contributed by atoms with E-state index in [0.29, 0.717) is 18.1 Å². The maximum absolute atomic E-state index is 6.03. The standard InChI is InChI=1S/C14H22N2O/c1-14(2)7-5-11(6-8-14)17-13-4-3-9-16-12(13)10-15/h3-4,9,11H,5-8,10,15H2,1-2H3. The average molecular weight is 234 g/mol. The van der Waals surface area contributed by atoms with Gasteiger partial charge in [0, 0.05) is 12.7 Å². The van der Waals surface area contributed by atoms with Crippen LogP contribution in [-0.2, 0) is 6.54 Å². The van der Waals surface area contributed by atoms with Crippen LogP contribution in [0.1, 0.15) is 45.2 Å². The van der Waals surface area contributed by atoms with Gasteiger partial charge in [-0.25, -0.2) is 0 Å². The van der Waals surface area contributed by atoms with E-state index in [-0.39, 0.29) is 0 Å². The van der Waals surface area contributed by atoms with Gasteiger partial charge in [-0.15, -0.1) is 0 Å². The first-order valence-corrected chi connectivity index (χ1v) is 6.41. The molecule has 0 bridgehead atoms. The number of hydrogen-bond donors (Lipinski definition) is 1. The number of pyridine rings is 1. The quantitative estimate of drug-likeness (QED) is 0.874. The van der Waals surface area contributed by atoms with Crippen molar-refractivity contribution in [2.45, 2.75) is 52.2 Å². The lowest BCUT2D eigenvalue weighted by Crippen LogP contribution is -2.28. The van der Waals surface area contributed by atoms with Crippen molar-refractivity contribution in [3.05, 3.63) is 24.0 Å². The van der Waals surface area contributed by atoms with E-state index in [2.05, 4.69) is 18.8 Å². The van der Waals surface area contributed by atoms with Crippen LogP contribution in [-0.4, -0.2) is 11.1 Å². The molecule has 17 heavy (non-hydrogen) atoms. The molecule has 2 rings (SSSR count). The normalized spacial score (nSPS) is 20.2. The molecule has 0 spiro atoms. The molecule has 1 saturated carbocycles. The first-order valence-electron chi connectivity index (χ1n) is 6.41. The van der Waals surface area contributed by atoms with E-state index in [0.717, 1.165) is 24.3 Å². The zero-order valence-electron chi connectivity index (χ0n) is 10.8. The molecular weight excluding hydrogens is 212 g/mol. The molecule has 0 saturated heterocycles. The van der Waals surface area contributed by atoms with Crippen molar-refractivity contribution in [3.63, 3.8) is 0 Å². The highest BCUT2D eigenvalue weighted by Gasteiger charge is 2.28. The van der Waals surface area contributed by atoms with E-state index in [4.69, 9.17) is 10.5 Å². The maximum Gasteiger partial charge on any atom is 0.142 e. The Morgan fingerprint density at radius 3 is 2.76 bits per heavy atom. The molecule has 3 nitrogen and oxygen atoms in total. The molecule has 0 unspecified atom stereocenters. The Morgan fingerprint density at radius 1 is 1.41 bits per heavy atom. The van der Waals surface area contributed by atoms with Gasteiger partial charge >= 0.3 is 0 Å². The third-order valence-electron chi connectivity index (χ3n) is 3.62. The van der Waals surface area contributed by atoms with Gasteiger partial charge in [0.2, 0.25) is 0 Å². The van der Waals surface area contributed by atoms with Gasteiger partial charge in [0.25, 0.3) is 0 Å². The maximum atomic E-state index is 6.03. The van der Waals surface area contributed by atoms with Crippen LogP contribution >= 0.6 is 0 Å². The van der Waals surface area contributed by atoms with Crippen molar-refractivity contribution in [1.29, 1.82) is 0 Å². The number of hydrogen-bond acceptors (Lipinski definition) is 3. The fourth-order valence-corrected chi connectivity index (χ4v) is 2.35. The minimum absolute atomic E-state index is 0.331. The highest BCUT2D eigenvalue weighted by atomic mass is 16.5. The van der Waals surface area contributed by atoms with Gasteiger partial charge in [-0.2, -0.15) is 0 Å². The molecule has 0 amide bonds. The zero-order chi connectivity index (χ0) is 12.3. The van der Waals surface area contributed by atoms with Crippen molar-refractivity contribution in [1.82, 2.24) is 4.98 Å². The van der Waals surface area contributed by atoms with Crippen LogP contribution in [0.3, 0.4) is 0 Å². The average Bonchev–Trinajstić information content (AvgIpc) is 2.32. The van der Waals surface area contributed by atoms with Crippen LogP contribution in [0.4, 0.5) is 0 Å². The summed E-state index contributed by atoms with van der Waals surface area (Å²) < 4.78 is 6.03. The Hall–Kier alpha value is -1.09. The Balaban J connectivity index is 1.98. The van der Waals surface area contributed by atoms with Gasteiger partial charge < -0.3 is 10.5 Å². The summed E-state index contributed by atoms with van der Waals surface area (Å²) in [6.07, 6.45) is 6.82. The summed E-state index contributed by atoms with van der Waals surface area (Å²) in [5, 5.41) is 0. The Kier molecular flexibility index (Phi) is 3.67. The molecule has 0 aromatic carbocycles. The van der Waals surface area contributed by atoms with E-state index >= 15 is 0 Å². The van der Waals surface area contributed by atoms with E-state index in [1.807, 2.05) is 12.1 Å². The molecule has 94 valence electrons. The predicted octanol–water partition coefficient (Wildman–Crippen LogP) is 2.89. The fraction of sp³-hybridized carbons (Fsp3) is 0.643. The molecule has 1 aromatic rings. The fourth-order valence-electron chi connectivity index (χ4n) is 2.35. The van der Waals surface area contributed by atoms with Crippen LogP contribution in [0.2, 0.25) is 0 Å². The lowest BCUT2D eigenvalue weighted by molar-refractivity contribution is 0.0975. The van der Waals surface area contributed by atoms with E-state index < -0.39 is 0 Å². The van der Waals surface area contributed by atoms with Gasteiger partial charge in [0.05, 0.1) is 11.8 Å². The topological polar surface area (TPSA) is 48.1 Å². The first-order chi connectivity index (χ1) is 8.11. The van der Waals surface area contributed by atoms with Crippen molar-refractivity contribution in [3.8, 4) is 5.75 Å². The Morgan fingerprint density at radius 2 is 2.12 bits per heavy atom. The number of nitrogens with two attached hydrogens (primary N) is 1. The summed E-state index contributed by atoms with van der Waals surface area (Å²) in [5.41, 5.74) is 6.99. The molecule has 1 heterocycles. The molecule has 0 aliphatic heterocycles. The van der Waals surface area contributed by atoms with E-state index in [1.54, 1.807) is 6.20 Å².